The van der Waals surface area contributed by atoms with Crippen molar-refractivity contribution in [2.45, 2.75) is 136 Å². The van der Waals surface area contributed by atoms with Crippen molar-refractivity contribution in [1.29, 1.82) is 0 Å². The average molecular weight is 572 g/mol. The summed E-state index contributed by atoms with van der Waals surface area (Å²) in [5.74, 6) is 0.945. The third-order valence-corrected chi connectivity index (χ3v) is 8.49. The van der Waals surface area contributed by atoms with Crippen molar-refractivity contribution < 1.29 is 28.9 Å². The summed E-state index contributed by atoms with van der Waals surface area (Å²) in [6.07, 6.45) is 10.0. The number of carbonyl (C=O) groups excluding carboxylic acids is 1. The number of amides is 1. The number of benzene rings is 1. The molecule has 0 fully saturated rings. The summed E-state index contributed by atoms with van der Waals surface area (Å²) >= 11 is 0. The van der Waals surface area contributed by atoms with E-state index in [4.69, 9.17) is 14.2 Å². The highest BCUT2D eigenvalue weighted by Gasteiger charge is 2.47. The second kappa shape index (κ2) is 13.5. The van der Waals surface area contributed by atoms with Crippen LogP contribution in [0.15, 0.2) is 23.8 Å². The van der Waals surface area contributed by atoms with E-state index < -0.39 is 23.3 Å². The standard InChI is InChI=1S/C34H53NO6/c1-9-10-11-12-17-33(5,6)24-21-27(39-19-14-13-18-35-31(38)41-32(2,3)4)29-25-20-23(30(36)37)15-16-26(25)34(7,8)40-28(29)22-24/h15,21-22,25-26H,9-14,16-20H2,1-8H3,(H,35,38)(H,36,37)/t25-,26-/m1/s1. The largest absolute Gasteiger partial charge is 0.493 e. The van der Waals surface area contributed by atoms with Gasteiger partial charge < -0.3 is 24.6 Å². The fraction of sp³-hybridized carbons (Fsp3) is 0.706. The van der Waals surface area contributed by atoms with Gasteiger partial charge in [0, 0.05) is 29.5 Å². The normalized spacial score (nSPS) is 19.8. The number of unbranched alkanes of at least 4 members (excludes halogenated alkanes) is 4. The third-order valence-electron chi connectivity index (χ3n) is 8.49. The molecule has 0 spiro atoms. The van der Waals surface area contributed by atoms with E-state index in [-0.39, 0.29) is 17.3 Å². The van der Waals surface area contributed by atoms with Crippen LogP contribution in [0.3, 0.4) is 0 Å². The molecule has 1 aliphatic heterocycles. The average Bonchev–Trinajstić information content (AvgIpc) is 2.86. The van der Waals surface area contributed by atoms with Crippen LogP contribution in [0, 0.1) is 5.92 Å². The predicted molar refractivity (Wildman–Crippen MR) is 163 cm³/mol. The lowest BCUT2D eigenvalue weighted by atomic mass is 9.66. The van der Waals surface area contributed by atoms with E-state index in [1.165, 1.54) is 31.2 Å². The second-order valence-corrected chi connectivity index (χ2v) is 14.0. The number of allylic oxidation sites excluding steroid dienone is 1. The number of nitrogens with one attached hydrogen (secondary N) is 1. The Kier molecular flexibility index (Phi) is 10.8. The highest BCUT2D eigenvalue weighted by molar-refractivity contribution is 5.87. The van der Waals surface area contributed by atoms with Gasteiger partial charge in [-0.2, -0.15) is 0 Å². The molecule has 1 amide bonds. The Hall–Kier alpha value is -2.70. The van der Waals surface area contributed by atoms with Gasteiger partial charge in [0.1, 0.15) is 22.7 Å². The van der Waals surface area contributed by atoms with E-state index in [0.717, 1.165) is 36.3 Å². The zero-order chi connectivity index (χ0) is 30.4. The lowest BCUT2D eigenvalue weighted by Crippen LogP contribution is -2.46. The molecule has 41 heavy (non-hydrogen) atoms. The lowest BCUT2D eigenvalue weighted by molar-refractivity contribution is -0.133. The van der Waals surface area contributed by atoms with Crippen molar-refractivity contribution in [2.75, 3.05) is 13.2 Å². The van der Waals surface area contributed by atoms with Crippen LogP contribution in [-0.2, 0) is 14.9 Å². The van der Waals surface area contributed by atoms with Gasteiger partial charge in [0.05, 0.1) is 6.61 Å². The summed E-state index contributed by atoms with van der Waals surface area (Å²) in [5, 5.41) is 12.6. The SMILES string of the molecule is CCCCCCC(C)(C)c1cc(OCCCCNC(=O)OC(C)(C)C)c2c(c1)OC(C)(C)[C@@H]1CC=C(C(=O)O)C[C@@H]21. The molecule has 3 rings (SSSR count). The Morgan fingerprint density at radius 2 is 1.80 bits per heavy atom. The van der Waals surface area contributed by atoms with E-state index in [1.54, 1.807) is 0 Å². The smallest absolute Gasteiger partial charge is 0.407 e. The van der Waals surface area contributed by atoms with Gasteiger partial charge >= 0.3 is 12.1 Å². The number of aliphatic carboxylic acids is 1. The molecule has 1 aromatic rings. The van der Waals surface area contributed by atoms with Crippen molar-refractivity contribution in [1.82, 2.24) is 5.32 Å². The number of hydrogen-bond donors (Lipinski definition) is 2. The second-order valence-electron chi connectivity index (χ2n) is 14.0. The van der Waals surface area contributed by atoms with Crippen molar-refractivity contribution in [3.05, 3.63) is 34.9 Å². The molecular formula is C34H53NO6. The van der Waals surface area contributed by atoms with E-state index in [9.17, 15) is 14.7 Å². The summed E-state index contributed by atoms with van der Waals surface area (Å²) in [6.45, 7) is 17.6. The maximum atomic E-state index is 12.0. The van der Waals surface area contributed by atoms with Gasteiger partial charge in [0.15, 0.2) is 0 Å². The van der Waals surface area contributed by atoms with Crippen LogP contribution < -0.4 is 14.8 Å². The van der Waals surface area contributed by atoms with Crippen LogP contribution >= 0.6 is 0 Å². The van der Waals surface area contributed by atoms with Gasteiger partial charge in [-0.25, -0.2) is 9.59 Å². The number of carboxylic acids is 1. The van der Waals surface area contributed by atoms with Gasteiger partial charge in [0.25, 0.3) is 0 Å². The van der Waals surface area contributed by atoms with Crippen LogP contribution in [0.25, 0.3) is 0 Å². The quantitative estimate of drug-likeness (QED) is 0.231. The molecule has 2 atom stereocenters. The van der Waals surface area contributed by atoms with Crippen LogP contribution in [0.4, 0.5) is 4.79 Å². The Bertz CT molecular complexity index is 1100. The molecule has 2 aliphatic rings. The van der Waals surface area contributed by atoms with Gasteiger partial charge in [-0.05, 0) is 89.8 Å². The van der Waals surface area contributed by atoms with Crippen LogP contribution in [-0.4, -0.2) is 41.5 Å². The zero-order valence-corrected chi connectivity index (χ0v) is 26.7. The number of hydrogen-bond acceptors (Lipinski definition) is 5. The minimum absolute atomic E-state index is 0.00963. The third kappa shape index (κ3) is 8.89. The van der Waals surface area contributed by atoms with Crippen molar-refractivity contribution in [2.24, 2.45) is 5.92 Å². The minimum Gasteiger partial charge on any atom is -0.493 e. The van der Waals surface area contributed by atoms with Crippen molar-refractivity contribution >= 4 is 12.1 Å². The first kappa shape index (κ1) is 32.8. The Morgan fingerprint density at radius 1 is 1.07 bits per heavy atom. The maximum Gasteiger partial charge on any atom is 0.407 e. The summed E-state index contributed by atoms with van der Waals surface area (Å²) in [6, 6.07) is 4.36. The summed E-state index contributed by atoms with van der Waals surface area (Å²) < 4.78 is 18.5. The number of carbonyl (C=O) groups is 2. The number of alkyl carbamates (subject to hydrolysis) is 1. The first-order valence-electron chi connectivity index (χ1n) is 15.5. The van der Waals surface area contributed by atoms with E-state index in [1.807, 2.05) is 26.8 Å². The maximum absolute atomic E-state index is 12.0. The highest BCUT2D eigenvalue weighted by atomic mass is 16.6. The molecule has 0 bridgehead atoms. The number of rotatable bonds is 13. The molecule has 2 N–H and O–H groups in total. The molecular weight excluding hydrogens is 518 g/mol. The zero-order valence-electron chi connectivity index (χ0n) is 26.7. The van der Waals surface area contributed by atoms with Crippen LogP contribution in [0.2, 0.25) is 0 Å². The first-order valence-corrected chi connectivity index (χ1v) is 15.5. The molecule has 0 aromatic heterocycles. The minimum atomic E-state index is -0.848. The molecule has 0 saturated carbocycles. The highest BCUT2D eigenvalue weighted by Crippen LogP contribution is 2.55. The van der Waals surface area contributed by atoms with Crippen molar-refractivity contribution in [3.63, 3.8) is 0 Å². The van der Waals surface area contributed by atoms with Gasteiger partial charge in [-0.15, -0.1) is 0 Å². The number of fused-ring (bicyclic) bond motifs is 3. The van der Waals surface area contributed by atoms with Crippen LogP contribution in [0.5, 0.6) is 11.5 Å². The summed E-state index contributed by atoms with van der Waals surface area (Å²) in [5.41, 5.74) is 1.65. The predicted octanol–water partition coefficient (Wildman–Crippen LogP) is 8.29. The molecule has 0 saturated heterocycles. The monoisotopic (exact) mass is 571 g/mol. The molecule has 7 nitrogen and oxygen atoms in total. The summed E-state index contributed by atoms with van der Waals surface area (Å²) in [4.78, 5) is 23.9. The van der Waals surface area contributed by atoms with E-state index in [2.05, 4.69) is 52.1 Å². The number of carboxylic acid groups (broad SMARTS) is 1. The van der Waals surface area contributed by atoms with Gasteiger partial charge in [-0.3, -0.25) is 0 Å². The molecule has 7 heteroatoms. The first-order chi connectivity index (χ1) is 19.1. The lowest BCUT2D eigenvalue weighted by Gasteiger charge is -2.47. The number of ether oxygens (including phenoxy) is 3. The van der Waals surface area contributed by atoms with Crippen molar-refractivity contribution in [3.8, 4) is 11.5 Å². The molecule has 1 aromatic carbocycles. The van der Waals surface area contributed by atoms with Gasteiger partial charge in [-0.1, -0.05) is 52.5 Å². The molecule has 0 unspecified atom stereocenters. The topological polar surface area (TPSA) is 94.1 Å². The molecule has 1 heterocycles. The van der Waals surface area contributed by atoms with Gasteiger partial charge in [0.2, 0.25) is 0 Å². The fourth-order valence-corrected chi connectivity index (χ4v) is 6.11. The Labute approximate surface area is 247 Å². The Morgan fingerprint density at radius 3 is 2.46 bits per heavy atom. The van der Waals surface area contributed by atoms with E-state index in [0.29, 0.717) is 31.6 Å². The molecule has 0 radical (unpaired) electrons. The summed E-state index contributed by atoms with van der Waals surface area (Å²) in [7, 11) is 0. The molecule has 230 valence electrons. The molecule has 1 aliphatic carbocycles. The Balaban J connectivity index is 1.83. The van der Waals surface area contributed by atoms with Crippen LogP contribution in [0.1, 0.15) is 130 Å². The van der Waals surface area contributed by atoms with E-state index >= 15 is 0 Å². The fourth-order valence-electron chi connectivity index (χ4n) is 6.11.